The van der Waals surface area contributed by atoms with Crippen molar-refractivity contribution in [2.45, 2.75) is 38.2 Å². The fraction of sp³-hybridized carbons (Fsp3) is 0.235. The van der Waals surface area contributed by atoms with E-state index in [1.54, 1.807) is 0 Å². The van der Waals surface area contributed by atoms with Gasteiger partial charge >= 0.3 is 12.2 Å². The minimum Gasteiger partial charge on any atom is -0.445 e. The number of aliphatic hydroxyl groups excluding tert-OH is 2. The molecule has 0 saturated heterocycles. The number of aliphatic hydroxyl groups is 2. The second kappa shape index (κ2) is 18.6. The molecule has 4 rings (SSSR count). The quantitative estimate of drug-likeness (QED) is 0.190. The lowest BCUT2D eigenvalue weighted by Gasteiger charge is -2.16. The molecule has 0 aliphatic carbocycles. The van der Waals surface area contributed by atoms with E-state index >= 15 is 0 Å². The van der Waals surface area contributed by atoms with Gasteiger partial charge in [-0.3, -0.25) is 0 Å². The Hall–Kier alpha value is -4.66. The second-order valence-corrected chi connectivity index (χ2v) is 9.56. The molecule has 0 radical (unpaired) electrons. The first-order valence-corrected chi connectivity index (χ1v) is 13.8. The number of benzene rings is 4. The molecular weight excluding hydrogens is 532 g/mol. The van der Waals surface area contributed by atoms with E-state index in [9.17, 15) is 19.8 Å². The summed E-state index contributed by atoms with van der Waals surface area (Å²) in [6.07, 6.45) is -0.603. The lowest BCUT2D eigenvalue weighted by Crippen LogP contribution is -2.39. The van der Waals surface area contributed by atoms with Crippen LogP contribution in [0, 0.1) is 0 Å². The number of rotatable bonds is 12. The van der Waals surface area contributed by atoms with E-state index in [-0.39, 0.29) is 32.4 Å². The molecule has 4 aromatic rings. The summed E-state index contributed by atoms with van der Waals surface area (Å²) in [5.74, 6) is 0. The summed E-state index contributed by atoms with van der Waals surface area (Å²) >= 11 is 0. The lowest BCUT2D eigenvalue weighted by atomic mass is 10.1. The van der Waals surface area contributed by atoms with Crippen LogP contribution in [-0.2, 0) is 35.5 Å². The zero-order chi connectivity index (χ0) is 29.8. The molecule has 0 unspecified atom stereocenters. The van der Waals surface area contributed by atoms with Crippen LogP contribution in [-0.4, -0.2) is 47.7 Å². The van der Waals surface area contributed by atoms with Crippen molar-refractivity contribution in [2.24, 2.45) is 0 Å². The van der Waals surface area contributed by atoms with Crippen molar-refractivity contribution in [3.05, 3.63) is 144 Å². The maximum atomic E-state index is 11.7. The van der Waals surface area contributed by atoms with Gasteiger partial charge < -0.3 is 30.3 Å². The normalized spacial score (nSPS) is 11.7. The number of carbonyl (C=O) groups is 2. The summed E-state index contributed by atoms with van der Waals surface area (Å²) in [4.78, 5) is 23.3. The van der Waals surface area contributed by atoms with Gasteiger partial charge in [0.1, 0.15) is 13.2 Å². The van der Waals surface area contributed by atoms with E-state index in [0.717, 1.165) is 22.3 Å². The highest BCUT2D eigenvalue weighted by molar-refractivity contribution is 5.67. The Balaban J connectivity index is 0.000000230. The van der Waals surface area contributed by atoms with Gasteiger partial charge in [0.2, 0.25) is 0 Å². The molecule has 0 spiro atoms. The van der Waals surface area contributed by atoms with Gasteiger partial charge in [-0.1, -0.05) is 121 Å². The fourth-order valence-electron chi connectivity index (χ4n) is 3.92. The average molecular weight is 571 g/mol. The molecule has 0 aliphatic rings. The highest BCUT2D eigenvalue weighted by Gasteiger charge is 2.13. The number of hydrogen-bond donors (Lipinski definition) is 4. The smallest absolute Gasteiger partial charge is 0.407 e. The fourth-order valence-corrected chi connectivity index (χ4v) is 3.92. The van der Waals surface area contributed by atoms with E-state index in [1.165, 1.54) is 0 Å². The Morgan fingerprint density at radius 1 is 0.595 bits per heavy atom. The maximum Gasteiger partial charge on any atom is 0.407 e. The van der Waals surface area contributed by atoms with Crippen molar-refractivity contribution in [2.75, 3.05) is 13.2 Å². The van der Waals surface area contributed by atoms with Crippen LogP contribution < -0.4 is 10.6 Å². The number of hydrogen-bond acceptors (Lipinski definition) is 6. The largest absolute Gasteiger partial charge is 0.445 e. The van der Waals surface area contributed by atoms with Crippen LogP contribution in [0.4, 0.5) is 9.59 Å². The van der Waals surface area contributed by atoms with Crippen molar-refractivity contribution in [1.82, 2.24) is 10.6 Å². The van der Waals surface area contributed by atoms with E-state index < -0.39 is 18.3 Å². The first-order chi connectivity index (χ1) is 20.5. The maximum absolute atomic E-state index is 11.7. The van der Waals surface area contributed by atoms with Gasteiger partial charge in [-0.25, -0.2) is 9.59 Å². The van der Waals surface area contributed by atoms with Crippen molar-refractivity contribution in [1.29, 1.82) is 0 Å². The van der Waals surface area contributed by atoms with Crippen LogP contribution in [0.3, 0.4) is 0 Å². The summed E-state index contributed by atoms with van der Waals surface area (Å²) in [6, 6.07) is 37.9. The molecule has 0 aromatic heterocycles. The summed E-state index contributed by atoms with van der Waals surface area (Å²) in [7, 11) is 0. The van der Waals surface area contributed by atoms with E-state index in [2.05, 4.69) is 10.6 Å². The molecule has 42 heavy (non-hydrogen) atoms. The number of nitrogens with one attached hydrogen (secondary N) is 2. The molecule has 0 saturated carbocycles. The van der Waals surface area contributed by atoms with Crippen LogP contribution in [0.1, 0.15) is 22.3 Å². The lowest BCUT2D eigenvalue weighted by molar-refractivity contribution is 0.125. The number of carbonyl (C=O) groups excluding carboxylic acids is 2. The van der Waals surface area contributed by atoms with Gasteiger partial charge in [0, 0.05) is 13.0 Å². The molecule has 8 nitrogen and oxygen atoms in total. The molecule has 220 valence electrons. The Kier molecular flexibility index (Phi) is 14.1. The Morgan fingerprint density at radius 3 is 1.45 bits per heavy atom. The SMILES string of the molecule is O=C(NC[C@@H](O)Cc1ccccc1)OCc1ccccc1.O=C(N[C@H](CO)Cc1ccccc1)OCc1ccccc1. The van der Waals surface area contributed by atoms with Gasteiger partial charge in [-0.05, 0) is 28.7 Å². The highest BCUT2D eigenvalue weighted by Crippen LogP contribution is 2.05. The topological polar surface area (TPSA) is 117 Å². The van der Waals surface area contributed by atoms with Crippen molar-refractivity contribution in [3.8, 4) is 0 Å². The highest BCUT2D eigenvalue weighted by atomic mass is 16.6. The molecule has 8 heteroatoms. The molecule has 0 aliphatic heterocycles. The predicted molar refractivity (Wildman–Crippen MR) is 162 cm³/mol. The standard InChI is InChI=1S/2C17H19NO3/c19-12-16(11-14-7-3-1-4-8-14)18-17(20)21-13-15-9-5-2-6-10-15;19-16(11-14-7-3-1-4-8-14)12-18-17(20)21-13-15-9-5-2-6-10-15/h2*1-10,16,19H,11-13H2,(H,18,20)/t2*16-/m00/s1. The van der Waals surface area contributed by atoms with Crippen LogP contribution in [0.15, 0.2) is 121 Å². The minimum absolute atomic E-state index is 0.130. The first kappa shape index (κ1) is 31.9. The third-order valence-corrected chi connectivity index (χ3v) is 6.09. The summed E-state index contributed by atoms with van der Waals surface area (Å²) < 4.78 is 10.2. The van der Waals surface area contributed by atoms with Gasteiger partial charge in [-0.2, -0.15) is 0 Å². The number of ether oxygens (including phenoxy) is 2. The van der Waals surface area contributed by atoms with Crippen molar-refractivity contribution >= 4 is 12.2 Å². The van der Waals surface area contributed by atoms with Crippen molar-refractivity contribution in [3.63, 3.8) is 0 Å². The van der Waals surface area contributed by atoms with Crippen LogP contribution in [0.5, 0.6) is 0 Å². The van der Waals surface area contributed by atoms with Crippen LogP contribution >= 0.6 is 0 Å². The summed E-state index contributed by atoms with van der Waals surface area (Å²) in [6.45, 7) is 0.482. The van der Waals surface area contributed by atoms with Gasteiger partial charge in [-0.15, -0.1) is 0 Å². The molecule has 2 amide bonds. The zero-order valence-corrected chi connectivity index (χ0v) is 23.5. The van der Waals surface area contributed by atoms with E-state index in [4.69, 9.17) is 9.47 Å². The van der Waals surface area contributed by atoms with Crippen molar-refractivity contribution < 1.29 is 29.3 Å². The third-order valence-electron chi connectivity index (χ3n) is 6.09. The number of amides is 2. The van der Waals surface area contributed by atoms with Gasteiger partial charge in [0.05, 0.1) is 18.8 Å². The monoisotopic (exact) mass is 570 g/mol. The summed E-state index contributed by atoms with van der Waals surface area (Å²) in [5.41, 5.74) is 3.94. The first-order valence-electron chi connectivity index (χ1n) is 13.8. The zero-order valence-electron chi connectivity index (χ0n) is 23.5. The van der Waals surface area contributed by atoms with Crippen LogP contribution in [0.25, 0.3) is 0 Å². The molecule has 2 atom stereocenters. The Bertz CT molecular complexity index is 1290. The van der Waals surface area contributed by atoms with Gasteiger partial charge in [0.25, 0.3) is 0 Å². The molecule has 4 aromatic carbocycles. The molecule has 0 bridgehead atoms. The van der Waals surface area contributed by atoms with Crippen LogP contribution in [0.2, 0.25) is 0 Å². The number of alkyl carbamates (subject to hydrolysis) is 2. The third kappa shape index (κ3) is 13.1. The Morgan fingerprint density at radius 2 is 1.00 bits per heavy atom. The van der Waals surface area contributed by atoms with E-state index in [1.807, 2.05) is 121 Å². The second-order valence-electron chi connectivity index (χ2n) is 9.56. The van der Waals surface area contributed by atoms with E-state index in [0.29, 0.717) is 12.8 Å². The van der Waals surface area contributed by atoms with Gasteiger partial charge in [0.15, 0.2) is 0 Å². The minimum atomic E-state index is -0.628. The average Bonchev–Trinajstić information content (AvgIpc) is 3.04. The molecule has 4 N–H and O–H groups in total. The Labute approximate surface area is 246 Å². The molecule has 0 heterocycles. The predicted octanol–water partition coefficient (Wildman–Crippen LogP) is 5.03. The molecular formula is C34H38N2O6. The molecule has 0 fully saturated rings. The summed E-state index contributed by atoms with van der Waals surface area (Å²) in [5, 5.41) is 24.5.